The molecule has 0 aliphatic rings. The zero-order valence-electron chi connectivity index (χ0n) is 13.6. The summed E-state index contributed by atoms with van der Waals surface area (Å²) in [5.74, 6) is 0. The van der Waals surface area contributed by atoms with Crippen LogP contribution >= 0.6 is 23.2 Å². The molecule has 0 saturated carbocycles. The SMILES string of the molecule is CN(c1ccc(Cl)cc1)c1ccc(N(C)c2ccc(Cl)cc2)cc1. The predicted octanol–water partition coefficient (Wildman–Crippen LogP) is 6.53. The first-order chi connectivity index (χ1) is 11.5. The predicted molar refractivity (Wildman–Crippen MR) is 105 cm³/mol. The van der Waals surface area contributed by atoms with E-state index < -0.39 is 0 Å². The highest BCUT2D eigenvalue weighted by atomic mass is 35.5. The number of nitrogens with zero attached hydrogens (tertiary/aromatic N) is 2. The summed E-state index contributed by atoms with van der Waals surface area (Å²) >= 11 is 11.9. The molecule has 24 heavy (non-hydrogen) atoms. The smallest absolute Gasteiger partial charge is 0.0409 e. The van der Waals surface area contributed by atoms with Crippen LogP contribution < -0.4 is 9.80 Å². The van der Waals surface area contributed by atoms with E-state index in [9.17, 15) is 0 Å². The lowest BCUT2D eigenvalue weighted by Crippen LogP contribution is -2.11. The van der Waals surface area contributed by atoms with Crippen LogP contribution in [0, 0.1) is 0 Å². The van der Waals surface area contributed by atoms with Gasteiger partial charge in [0.25, 0.3) is 0 Å². The van der Waals surface area contributed by atoms with E-state index in [0.717, 1.165) is 32.8 Å². The third-order valence-electron chi connectivity index (χ3n) is 4.05. The van der Waals surface area contributed by atoms with Crippen LogP contribution in [-0.4, -0.2) is 14.1 Å². The first kappa shape index (κ1) is 16.7. The number of hydrogen-bond acceptors (Lipinski definition) is 2. The number of benzene rings is 3. The Bertz CT molecular complexity index is 726. The molecular formula is C20H18Cl2N2. The van der Waals surface area contributed by atoms with Crippen LogP contribution in [0.5, 0.6) is 0 Å². The molecular weight excluding hydrogens is 339 g/mol. The monoisotopic (exact) mass is 356 g/mol. The first-order valence-corrected chi connectivity index (χ1v) is 8.39. The van der Waals surface area contributed by atoms with Crippen molar-refractivity contribution in [3.63, 3.8) is 0 Å². The molecule has 0 bridgehead atoms. The van der Waals surface area contributed by atoms with Gasteiger partial charge in [0.15, 0.2) is 0 Å². The summed E-state index contributed by atoms with van der Waals surface area (Å²) in [6, 6.07) is 24.1. The van der Waals surface area contributed by atoms with E-state index in [1.807, 2.05) is 62.6 Å². The lowest BCUT2D eigenvalue weighted by atomic mass is 10.2. The third-order valence-corrected chi connectivity index (χ3v) is 4.56. The Labute approximate surface area is 152 Å². The molecule has 3 rings (SSSR count). The van der Waals surface area contributed by atoms with Crippen LogP contribution in [-0.2, 0) is 0 Å². The lowest BCUT2D eigenvalue weighted by molar-refractivity contribution is 1.18. The fourth-order valence-electron chi connectivity index (χ4n) is 2.53. The van der Waals surface area contributed by atoms with Crippen molar-refractivity contribution in [1.82, 2.24) is 0 Å². The standard InChI is InChI=1S/C20H18Cl2N2/c1-23(17-7-3-15(21)4-8-17)19-11-13-20(14-12-19)24(2)18-9-5-16(22)6-10-18/h3-14H,1-2H3. The van der Waals surface area contributed by atoms with Crippen molar-refractivity contribution < 1.29 is 0 Å². The second kappa shape index (κ2) is 7.16. The number of halogens is 2. The molecule has 0 saturated heterocycles. The molecule has 0 aromatic heterocycles. The second-order valence-electron chi connectivity index (χ2n) is 5.59. The number of rotatable bonds is 4. The topological polar surface area (TPSA) is 6.48 Å². The maximum Gasteiger partial charge on any atom is 0.0409 e. The Kier molecular flexibility index (Phi) is 4.98. The molecule has 0 atom stereocenters. The van der Waals surface area contributed by atoms with Gasteiger partial charge >= 0.3 is 0 Å². The van der Waals surface area contributed by atoms with Gasteiger partial charge in [0.05, 0.1) is 0 Å². The molecule has 0 spiro atoms. The van der Waals surface area contributed by atoms with Gasteiger partial charge in [-0.25, -0.2) is 0 Å². The summed E-state index contributed by atoms with van der Waals surface area (Å²) in [4.78, 5) is 4.25. The highest BCUT2D eigenvalue weighted by Gasteiger charge is 2.07. The van der Waals surface area contributed by atoms with Crippen LogP contribution in [0.3, 0.4) is 0 Å². The van der Waals surface area contributed by atoms with Gasteiger partial charge in [-0.05, 0) is 72.8 Å². The molecule has 3 aromatic rings. The van der Waals surface area contributed by atoms with Gasteiger partial charge in [0, 0.05) is 46.9 Å². The van der Waals surface area contributed by atoms with Crippen LogP contribution in [0.25, 0.3) is 0 Å². The zero-order valence-corrected chi connectivity index (χ0v) is 15.1. The highest BCUT2D eigenvalue weighted by molar-refractivity contribution is 6.30. The van der Waals surface area contributed by atoms with Crippen molar-refractivity contribution in [3.8, 4) is 0 Å². The highest BCUT2D eigenvalue weighted by Crippen LogP contribution is 2.29. The van der Waals surface area contributed by atoms with Gasteiger partial charge in [-0.1, -0.05) is 23.2 Å². The van der Waals surface area contributed by atoms with Crippen molar-refractivity contribution in [2.45, 2.75) is 0 Å². The van der Waals surface area contributed by atoms with Crippen molar-refractivity contribution in [1.29, 1.82) is 0 Å². The average molecular weight is 357 g/mol. The van der Waals surface area contributed by atoms with E-state index in [2.05, 4.69) is 34.1 Å². The fraction of sp³-hybridized carbons (Fsp3) is 0.100. The molecule has 0 radical (unpaired) electrons. The van der Waals surface area contributed by atoms with Crippen molar-refractivity contribution >= 4 is 46.0 Å². The minimum absolute atomic E-state index is 0.743. The number of hydrogen-bond donors (Lipinski definition) is 0. The van der Waals surface area contributed by atoms with Crippen LogP contribution in [0.4, 0.5) is 22.7 Å². The van der Waals surface area contributed by atoms with E-state index >= 15 is 0 Å². The summed E-state index contributed by atoms with van der Waals surface area (Å²) in [6.07, 6.45) is 0. The molecule has 3 aromatic carbocycles. The minimum Gasteiger partial charge on any atom is -0.345 e. The molecule has 0 aliphatic heterocycles. The van der Waals surface area contributed by atoms with Crippen molar-refractivity contribution in [3.05, 3.63) is 82.8 Å². The Hall–Kier alpha value is -2.16. The Balaban J connectivity index is 1.79. The van der Waals surface area contributed by atoms with E-state index in [1.165, 1.54) is 0 Å². The van der Waals surface area contributed by atoms with Gasteiger partial charge in [-0.3, -0.25) is 0 Å². The summed E-state index contributed by atoms with van der Waals surface area (Å²) in [5, 5.41) is 1.49. The summed E-state index contributed by atoms with van der Waals surface area (Å²) < 4.78 is 0. The zero-order chi connectivity index (χ0) is 17.1. The Morgan fingerprint density at radius 2 is 0.667 bits per heavy atom. The van der Waals surface area contributed by atoms with Crippen molar-refractivity contribution in [2.75, 3.05) is 23.9 Å². The van der Waals surface area contributed by atoms with E-state index in [4.69, 9.17) is 23.2 Å². The summed E-state index contributed by atoms with van der Waals surface area (Å²) in [6.45, 7) is 0. The largest absolute Gasteiger partial charge is 0.345 e. The molecule has 0 fully saturated rings. The quantitative estimate of drug-likeness (QED) is 0.524. The maximum absolute atomic E-state index is 5.95. The lowest BCUT2D eigenvalue weighted by Gasteiger charge is -2.23. The summed E-state index contributed by atoms with van der Waals surface area (Å²) in [7, 11) is 4.09. The maximum atomic E-state index is 5.95. The average Bonchev–Trinajstić information content (AvgIpc) is 2.62. The molecule has 0 aliphatic carbocycles. The fourth-order valence-corrected chi connectivity index (χ4v) is 2.78. The van der Waals surface area contributed by atoms with Gasteiger partial charge < -0.3 is 9.80 Å². The number of anilines is 4. The van der Waals surface area contributed by atoms with Gasteiger partial charge in [0.1, 0.15) is 0 Å². The van der Waals surface area contributed by atoms with Crippen molar-refractivity contribution in [2.24, 2.45) is 0 Å². The molecule has 122 valence electrons. The molecule has 2 nitrogen and oxygen atoms in total. The van der Waals surface area contributed by atoms with Gasteiger partial charge in [0.2, 0.25) is 0 Å². The molecule has 0 unspecified atom stereocenters. The van der Waals surface area contributed by atoms with Gasteiger partial charge in [-0.15, -0.1) is 0 Å². The van der Waals surface area contributed by atoms with E-state index in [-0.39, 0.29) is 0 Å². The van der Waals surface area contributed by atoms with Crippen LogP contribution in [0.2, 0.25) is 10.0 Å². The third kappa shape index (κ3) is 3.66. The van der Waals surface area contributed by atoms with E-state index in [1.54, 1.807) is 0 Å². The molecule has 0 heterocycles. The molecule has 0 N–H and O–H groups in total. The second-order valence-corrected chi connectivity index (χ2v) is 6.46. The van der Waals surface area contributed by atoms with E-state index in [0.29, 0.717) is 0 Å². The van der Waals surface area contributed by atoms with Crippen LogP contribution in [0.1, 0.15) is 0 Å². The van der Waals surface area contributed by atoms with Crippen LogP contribution in [0.15, 0.2) is 72.8 Å². The molecule has 4 heteroatoms. The minimum atomic E-state index is 0.743. The Morgan fingerprint density at radius 3 is 0.917 bits per heavy atom. The Morgan fingerprint density at radius 1 is 0.458 bits per heavy atom. The summed E-state index contributed by atoms with van der Waals surface area (Å²) in [5.41, 5.74) is 4.42. The molecule has 0 amide bonds. The normalized spacial score (nSPS) is 10.5. The first-order valence-electron chi connectivity index (χ1n) is 7.63. The van der Waals surface area contributed by atoms with Gasteiger partial charge in [-0.2, -0.15) is 0 Å².